The molecule has 24 heavy (non-hydrogen) atoms. The van der Waals surface area contributed by atoms with Gasteiger partial charge in [0, 0.05) is 30.5 Å². The molecule has 1 amide bonds. The van der Waals surface area contributed by atoms with Crippen LogP contribution in [0.25, 0.3) is 0 Å². The SMILES string of the molecule is CC(O)CCN(C)C(=O)c1cccc(Nc2ccc(C#N)cc2)c1. The maximum Gasteiger partial charge on any atom is 0.253 e. The van der Waals surface area contributed by atoms with Crippen molar-refractivity contribution < 1.29 is 9.90 Å². The summed E-state index contributed by atoms with van der Waals surface area (Å²) in [6, 6.07) is 16.5. The third kappa shape index (κ3) is 4.83. The highest BCUT2D eigenvalue weighted by Gasteiger charge is 2.12. The van der Waals surface area contributed by atoms with Crippen molar-refractivity contribution in [2.24, 2.45) is 0 Å². The molecule has 0 bridgehead atoms. The molecule has 2 rings (SSSR count). The first kappa shape index (κ1) is 17.5. The third-order valence-electron chi connectivity index (χ3n) is 3.64. The predicted octanol–water partition coefficient (Wildman–Crippen LogP) is 3.14. The smallest absolute Gasteiger partial charge is 0.253 e. The fourth-order valence-corrected chi connectivity index (χ4v) is 2.23. The lowest BCUT2D eigenvalue weighted by molar-refractivity contribution is 0.0769. The molecule has 0 saturated heterocycles. The van der Waals surface area contributed by atoms with Gasteiger partial charge < -0.3 is 15.3 Å². The number of carbonyl (C=O) groups is 1. The molecule has 0 saturated carbocycles. The van der Waals surface area contributed by atoms with Gasteiger partial charge in [-0.3, -0.25) is 4.79 Å². The van der Waals surface area contributed by atoms with Gasteiger partial charge in [0.2, 0.25) is 0 Å². The first-order chi connectivity index (χ1) is 11.5. The summed E-state index contributed by atoms with van der Waals surface area (Å²) in [4.78, 5) is 14.0. The molecule has 1 atom stereocenters. The van der Waals surface area contributed by atoms with Crippen LogP contribution < -0.4 is 5.32 Å². The Balaban J connectivity index is 2.07. The van der Waals surface area contributed by atoms with E-state index >= 15 is 0 Å². The van der Waals surface area contributed by atoms with Gasteiger partial charge in [0.25, 0.3) is 5.91 Å². The van der Waals surface area contributed by atoms with Gasteiger partial charge in [-0.1, -0.05) is 6.07 Å². The number of hydrogen-bond acceptors (Lipinski definition) is 4. The van der Waals surface area contributed by atoms with Crippen molar-refractivity contribution in [1.82, 2.24) is 4.90 Å². The lowest BCUT2D eigenvalue weighted by Crippen LogP contribution is -2.29. The minimum atomic E-state index is -0.426. The Hall–Kier alpha value is -2.84. The Morgan fingerprint density at radius 2 is 1.96 bits per heavy atom. The lowest BCUT2D eigenvalue weighted by atomic mass is 10.1. The highest BCUT2D eigenvalue weighted by atomic mass is 16.3. The Morgan fingerprint density at radius 3 is 2.58 bits per heavy atom. The van der Waals surface area contributed by atoms with Crippen molar-refractivity contribution in [1.29, 1.82) is 5.26 Å². The Labute approximate surface area is 142 Å². The highest BCUT2D eigenvalue weighted by Crippen LogP contribution is 2.19. The normalized spacial score (nSPS) is 11.4. The molecule has 5 nitrogen and oxygen atoms in total. The van der Waals surface area contributed by atoms with Crippen LogP contribution in [-0.4, -0.2) is 35.6 Å². The topological polar surface area (TPSA) is 76.4 Å². The van der Waals surface area contributed by atoms with Crippen LogP contribution in [0.1, 0.15) is 29.3 Å². The minimum Gasteiger partial charge on any atom is -0.393 e. The molecule has 124 valence electrons. The maximum atomic E-state index is 12.4. The van der Waals surface area contributed by atoms with E-state index in [0.29, 0.717) is 24.1 Å². The summed E-state index contributed by atoms with van der Waals surface area (Å²) in [5.74, 6) is -0.0841. The van der Waals surface area contributed by atoms with Crippen LogP contribution in [0.3, 0.4) is 0 Å². The molecule has 0 heterocycles. The van der Waals surface area contributed by atoms with E-state index in [9.17, 15) is 9.90 Å². The summed E-state index contributed by atoms with van der Waals surface area (Å²) in [5, 5.41) is 21.4. The van der Waals surface area contributed by atoms with E-state index in [2.05, 4.69) is 11.4 Å². The first-order valence-electron chi connectivity index (χ1n) is 7.80. The molecule has 0 fully saturated rings. The zero-order valence-corrected chi connectivity index (χ0v) is 13.9. The summed E-state index contributed by atoms with van der Waals surface area (Å²) in [6.07, 6.45) is 0.121. The number of nitrogens with zero attached hydrogens (tertiary/aromatic N) is 2. The fourth-order valence-electron chi connectivity index (χ4n) is 2.23. The number of aliphatic hydroxyl groups is 1. The van der Waals surface area contributed by atoms with Crippen LogP contribution in [0.5, 0.6) is 0 Å². The van der Waals surface area contributed by atoms with E-state index in [1.54, 1.807) is 43.1 Å². The zero-order valence-electron chi connectivity index (χ0n) is 13.9. The molecule has 0 radical (unpaired) electrons. The molecular weight excluding hydrogens is 302 g/mol. The minimum absolute atomic E-state index is 0.0841. The summed E-state index contributed by atoms with van der Waals surface area (Å²) >= 11 is 0. The maximum absolute atomic E-state index is 12.4. The van der Waals surface area contributed by atoms with Crippen LogP contribution >= 0.6 is 0 Å². The summed E-state index contributed by atoms with van der Waals surface area (Å²) in [6.45, 7) is 2.21. The summed E-state index contributed by atoms with van der Waals surface area (Å²) < 4.78 is 0. The second-order valence-corrected chi connectivity index (χ2v) is 5.76. The van der Waals surface area contributed by atoms with Gasteiger partial charge in [0.15, 0.2) is 0 Å². The monoisotopic (exact) mass is 323 g/mol. The van der Waals surface area contributed by atoms with Crippen molar-refractivity contribution >= 4 is 17.3 Å². The molecule has 2 N–H and O–H groups in total. The largest absolute Gasteiger partial charge is 0.393 e. The van der Waals surface area contributed by atoms with E-state index in [-0.39, 0.29) is 5.91 Å². The van der Waals surface area contributed by atoms with Crippen LogP contribution in [0.15, 0.2) is 48.5 Å². The molecule has 0 aliphatic heterocycles. The second kappa shape index (κ2) is 8.14. The molecular formula is C19H21N3O2. The molecule has 5 heteroatoms. The first-order valence-corrected chi connectivity index (χ1v) is 7.80. The van der Waals surface area contributed by atoms with Crippen LogP contribution in [-0.2, 0) is 0 Å². The van der Waals surface area contributed by atoms with Crippen molar-refractivity contribution in [3.63, 3.8) is 0 Å². The molecule has 0 aliphatic rings. The van der Waals surface area contributed by atoms with E-state index in [4.69, 9.17) is 5.26 Å². The van der Waals surface area contributed by atoms with E-state index < -0.39 is 6.10 Å². The van der Waals surface area contributed by atoms with Gasteiger partial charge in [0.05, 0.1) is 17.7 Å². The van der Waals surface area contributed by atoms with Gasteiger partial charge in [-0.15, -0.1) is 0 Å². The summed E-state index contributed by atoms with van der Waals surface area (Å²) in [7, 11) is 1.73. The number of benzene rings is 2. The molecule has 1 unspecified atom stereocenters. The van der Waals surface area contributed by atoms with Crippen molar-refractivity contribution in [3.05, 3.63) is 59.7 Å². The quantitative estimate of drug-likeness (QED) is 0.856. The van der Waals surface area contributed by atoms with Gasteiger partial charge in [-0.2, -0.15) is 5.26 Å². The van der Waals surface area contributed by atoms with Crippen LogP contribution in [0.2, 0.25) is 0 Å². The number of carbonyl (C=O) groups excluding carboxylic acids is 1. The van der Waals surface area contributed by atoms with Crippen molar-refractivity contribution in [2.75, 3.05) is 18.9 Å². The Morgan fingerprint density at radius 1 is 1.25 bits per heavy atom. The average Bonchev–Trinajstić information content (AvgIpc) is 2.60. The average molecular weight is 323 g/mol. The van der Waals surface area contributed by atoms with E-state index in [1.807, 2.05) is 24.3 Å². The zero-order chi connectivity index (χ0) is 17.5. The molecule has 2 aromatic carbocycles. The fraction of sp³-hybridized carbons (Fsp3) is 0.263. The van der Waals surface area contributed by atoms with Crippen molar-refractivity contribution in [2.45, 2.75) is 19.4 Å². The molecule has 0 aromatic heterocycles. The molecule has 2 aromatic rings. The number of nitrogens with one attached hydrogen (secondary N) is 1. The van der Waals surface area contributed by atoms with Gasteiger partial charge in [0.1, 0.15) is 0 Å². The van der Waals surface area contributed by atoms with Crippen LogP contribution in [0, 0.1) is 11.3 Å². The van der Waals surface area contributed by atoms with Gasteiger partial charge in [-0.25, -0.2) is 0 Å². The Bertz CT molecular complexity index is 733. The van der Waals surface area contributed by atoms with Crippen LogP contribution in [0.4, 0.5) is 11.4 Å². The standard InChI is InChI=1S/C19H21N3O2/c1-14(23)10-11-22(2)19(24)16-4-3-5-18(12-16)21-17-8-6-15(13-20)7-9-17/h3-9,12,14,21,23H,10-11H2,1-2H3. The van der Waals surface area contributed by atoms with Crippen molar-refractivity contribution in [3.8, 4) is 6.07 Å². The van der Waals surface area contributed by atoms with E-state index in [0.717, 1.165) is 11.4 Å². The number of aliphatic hydroxyl groups excluding tert-OH is 1. The summed E-state index contributed by atoms with van der Waals surface area (Å²) in [5.41, 5.74) is 2.83. The van der Waals surface area contributed by atoms with Gasteiger partial charge in [-0.05, 0) is 55.8 Å². The molecule has 0 aliphatic carbocycles. The number of rotatable bonds is 6. The second-order valence-electron chi connectivity index (χ2n) is 5.76. The number of nitriles is 1. The molecule has 0 spiro atoms. The number of amides is 1. The highest BCUT2D eigenvalue weighted by molar-refractivity contribution is 5.95. The number of hydrogen-bond donors (Lipinski definition) is 2. The van der Waals surface area contributed by atoms with E-state index in [1.165, 1.54) is 0 Å². The Kier molecular flexibility index (Phi) is 5.94. The third-order valence-corrected chi connectivity index (χ3v) is 3.64. The predicted molar refractivity (Wildman–Crippen MR) is 94.1 cm³/mol. The lowest BCUT2D eigenvalue weighted by Gasteiger charge is -2.18. The van der Waals surface area contributed by atoms with Gasteiger partial charge >= 0.3 is 0 Å². The number of anilines is 2.